The molecule has 0 aromatic heterocycles. The van der Waals surface area contributed by atoms with E-state index in [-0.39, 0.29) is 11.4 Å². The Kier molecular flexibility index (Phi) is 5.99. The molecule has 1 aromatic carbocycles. The third kappa shape index (κ3) is 4.76. The minimum atomic E-state index is -0.612. The lowest BCUT2D eigenvalue weighted by Gasteiger charge is -2.23. The molecule has 0 radical (unpaired) electrons. The van der Waals surface area contributed by atoms with Crippen molar-refractivity contribution in [3.05, 3.63) is 33.9 Å². The largest absolute Gasteiger partial charge is 0.419 e. The van der Waals surface area contributed by atoms with E-state index in [2.05, 4.69) is 0 Å². The molecule has 1 aliphatic carbocycles. The standard InChI is InChI=1S/C18H23NO6/c20-17(11-13-5-2-1-3-6-13)25-16-8-7-14(12-15(16)19(21)22)18-23-9-4-10-24-18/h7-8,12-13,18H,1-6,9-11H2. The summed E-state index contributed by atoms with van der Waals surface area (Å²) in [5.74, 6) is -0.109. The molecular weight excluding hydrogens is 326 g/mol. The molecule has 2 fully saturated rings. The maximum atomic E-state index is 12.1. The Hall–Kier alpha value is -1.99. The highest BCUT2D eigenvalue weighted by Gasteiger charge is 2.25. The molecule has 0 N–H and O–H groups in total. The summed E-state index contributed by atoms with van der Waals surface area (Å²) in [4.78, 5) is 23.0. The van der Waals surface area contributed by atoms with Crippen molar-refractivity contribution in [2.75, 3.05) is 13.2 Å². The Balaban J connectivity index is 1.69. The number of rotatable bonds is 5. The Labute approximate surface area is 146 Å². The number of nitro benzene ring substituents is 1. The minimum absolute atomic E-state index is 0.0228. The summed E-state index contributed by atoms with van der Waals surface area (Å²) in [5.41, 5.74) is 0.311. The number of benzene rings is 1. The summed E-state index contributed by atoms with van der Waals surface area (Å²) < 4.78 is 16.2. The first-order valence-electron chi connectivity index (χ1n) is 8.85. The number of nitro groups is 1. The lowest BCUT2D eigenvalue weighted by atomic mass is 9.87. The zero-order valence-corrected chi connectivity index (χ0v) is 14.1. The first-order chi connectivity index (χ1) is 12.1. The van der Waals surface area contributed by atoms with Gasteiger partial charge in [-0.15, -0.1) is 0 Å². The SMILES string of the molecule is O=C(CC1CCCCC1)Oc1ccc(C2OCCCO2)cc1[N+](=O)[O-]. The van der Waals surface area contributed by atoms with Crippen LogP contribution in [-0.4, -0.2) is 24.1 Å². The predicted molar refractivity (Wildman–Crippen MR) is 89.2 cm³/mol. The van der Waals surface area contributed by atoms with Crippen molar-refractivity contribution in [3.8, 4) is 5.75 Å². The molecule has 0 amide bonds. The van der Waals surface area contributed by atoms with Crippen molar-refractivity contribution < 1.29 is 23.9 Å². The molecule has 3 rings (SSSR count). The molecule has 1 heterocycles. The molecule has 25 heavy (non-hydrogen) atoms. The van der Waals surface area contributed by atoms with Gasteiger partial charge in [0.05, 0.1) is 18.1 Å². The van der Waals surface area contributed by atoms with Gasteiger partial charge in [0, 0.05) is 18.1 Å². The fraction of sp³-hybridized carbons (Fsp3) is 0.611. The van der Waals surface area contributed by atoms with Crippen molar-refractivity contribution in [1.29, 1.82) is 0 Å². The van der Waals surface area contributed by atoms with E-state index in [1.165, 1.54) is 18.6 Å². The van der Waals surface area contributed by atoms with Gasteiger partial charge in [-0.1, -0.05) is 19.3 Å². The zero-order valence-electron chi connectivity index (χ0n) is 14.1. The van der Waals surface area contributed by atoms with E-state index in [0.29, 0.717) is 31.1 Å². The van der Waals surface area contributed by atoms with Crippen LogP contribution in [-0.2, 0) is 14.3 Å². The Morgan fingerprint density at radius 2 is 1.88 bits per heavy atom. The Morgan fingerprint density at radius 1 is 1.16 bits per heavy atom. The lowest BCUT2D eigenvalue weighted by Crippen LogP contribution is -2.18. The van der Waals surface area contributed by atoms with Crippen LogP contribution in [0.5, 0.6) is 5.75 Å². The van der Waals surface area contributed by atoms with Crippen molar-refractivity contribution in [3.63, 3.8) is 0 Å². The summed E-state index contributed by atoms with van der Waals surface area (Å²) in [7, 11) is 0. The molecule has 2 aliphatic rings. The van der Waals surface area contributed by atoms with Gasteiger partial charge < -0.3 is 14.2 Å². The molecule has 1 aliphatic heterocycles. The molecule has 7 heteroatoms. The Bertz CT molecular complexity index is 620. The molecule has 136 valence electrons. The summed E-state index contributed by atoms with van der Waals surface area (Å²) in [6.07, 6.45) is 6.02. The third-order valence-electron chi connectivity index (χ3n) is 4.68. The molecule has 1 saturated heterocycles. The topological polar surface area (TPSA) is 87.9 Å². The van der Waals surface area contributed by atoms with Gasteiger partial charge in [0.25, 0.3) is 0 Å². The van der Waals surface area contributed by atoms with Crippen LogP contribution >= 0.6 is 0 Å². The minimum Gasteiger partial charge on any atom is -0.419 e. The highest BCUT2D eigenvalue weighted by Crippen LogP contribution is 2.34. The van der Waals surface area contributed by atoms with Gasteiger partial charge in [0.2, 0.25) is 5.75 Å². The van der Waals surface area contributed by atoms with Crippen molar-refractivity contribution >= 4 is 11.7 Å². The fourth-order valence-corrected chi connectivity index (χ4v) is 3.38. The molecule has 0 unspecified atom stereocenters. The predicted octanol–water partition coefficient (Wildman–Crippen LogP) is 3.91. The highest BCUT2D eigenvalue weighted by atomic mass is 16.7. The normalized spacial score (nSPS) is 19.5. The first-order valence-corrected chi connectivity index (χ1v) is 8.85. The second-order valence-corrected chi connectivity index (χ2v) is 6.59. The first kappa shape index (κ1) is 17.8. The van der Waals surface area contributed by atoms with Gasteiger partial charge in [-0.2, -0.15) is 0 Å². The van der Waals surface area contributed by atoms with Gasteiger partial charge >= 0.3 is 11.7 Å². The van der Waals surface area contributed by atoms with E-state index in [4.69, 9.17) is 14.2 Å². The van der Waals surface area contributed by atoms with E-state index in [1.807, 2.05) is 0 Å². The summed E-state index contributed by atoms with van der Waals surface area (Å²) in [6.45, 7) is 1.10. The van der Waals surface area contributed by atoms with E-state index in [0.717, 1.165) is 32.1 Å². The second kappa shape index (κ2) is 8.40. The summed E-state index contributed by atoms with van der Waals surface area (Å²) in [6, 6.07) is 4.46. The monoisotopic (exact) mass is 349 g/mol. The number of ether oxygens (including phenoxy) is 3. The van der Waals surface area contributed by atoms with E-state index in [9.17, 15) is 14.9 Å². The quantitative estimate of drug-likeness (QED) is 0.347. The second-order valence-electron chi connectivity index (χ2n) is 6.59. The van der Waals surface area contributed by atoms with Crippen molar-refractivity contribution in [2.24, 2.45) is 5.92 Å². The van der Waals surface area contributed by atoms with Crippen LogP contribution in [0.15, 0.2) is 18.2 Å². The van der Waals surface area contributed by atoms with Crippen LogP contribution in [0.1, 0.15) is 56.8 Å². The van der Waals surface area contributed by atoms with Gasteiger partial charge in [0.15, 0.2) is 6.29 Å². The van der Waals surface area contributed by atoms with Gasteiger partial charge in [-0.3, -0.25) is 14.9 Å². The maximum Gasteiger partial charge on any atom is 0.312 e. The average molecular weight is 349 g/mol. The van der Waals surface area contributed by atoms with Gasteiger partial charge in [0.1, 0.15) is 0 Å². The smallest absolute Gasteiger partial charge is 0.312 e. The van der Waals surface area contributed by atoms with E-state index >= 15 is 0 Å². The third-order valence-corrected chi connectivity index (χ3v) is 4.68. The molecule has 1 aromatic rings. The number of carbonyl (C=O) groups is 1. The van der Waals surface area contributed by atoms with Gasteiger partial charge in [-0.25, -0.2) is 0 Å². The van der Waals surface area contributed by atoms with Crippen LogP contribution in [0.25, 0.3) is 0 Å². The Morgan fingerprint density at radius 3 is 2.56 bits per heavy atom. The molecule has 7 nitrogen and oxygen atoms in total. The van der Waals surface area contributed by atoms with Crippen LogP contribution in [0.4, 0.5) is 5.69 Å². The molecule has 0 spiro atoms. The van der Waals surface area contributed by atoms with E-state index < -0.39 is 17.2 Å². The molecule has 0 atom stereocenters. The zero-order chi connectivity index (χ0) is 17.6. The van der Waals surface area contributed by atoms with E-state index in [1.54, 1.807) is 6.07 Å². The lowest BCUT2D eigenvalue weighted by molar-refractivity contribution is -0.385. The van der Waals surface area contributed by atoms with Gasteiger partial charge in [-0.05, 0) is 37.3 Å². The van der Waals surface area contributed by atoms with Crippen LogP contribution < -0.4 is 4.74 Å². The van der Waals surface area contributed by atoms with Crippen molar-refractivity contribution in [1.82, 2.24) is 0 Å². The van der Waals surface area contributed by atoms with Crippen LogP contribution in [0.3, 0.4) is 0 Å². The molecular formula is C18H23NO6. The number of hydrogen-bond donors (Lipinski definition) is 0. The molecule has 1 saturated carbocycles. The van der Waals surface area contributed by atoms with Crippen LogP contribution in [0.2, 0.25) is 0 Å². The highest BCUT2D eigenvalue weighted by molar-refractivity contribution is 5.74. The van der Waals surface area contributed by atoms with Crippen molar-refractivity contribution in [2.45, 2.75) is 51.2 Å². The van der Waals surface area contributed by atoms with Crippen LogP contribution in [0, 0.1) is 16.0 Å². The maximum absolute atomic E-state index is 12.1. The number of nitrogens with zero attached hydrogens (tertiary/aromatic N) is 1. The number of hydrogen-bond acceptors (Lipinski definition) is 6. The fourth-order valence-electron chi connectivity index (χ4n) is 3.38. The molecule has 0 bridgehead atoms. The average Bonchev–Trinajstić information content (AvgIpc) is 2.63. The number of esters is 1. The summed E-state index contributed by atoms with van der Waals surface area (Å²) in [5, 5.41) is 11.4. The number of carbonyl (C=O) groups excluding carboxylic acids is 1. The summed E-state index contributed by atoms with van der Waals surface area (Å²) >= 11 is 0.